The number of nitrogens with zero attached hydrogens (tertiary/aromatic N) is 4. The maximum Gasteiger partial charge on any atom is 0.224 e. The van der Waals surface area contributed by atoms with E-state index < -0.39 is 0 Å². The lowest BCUT2D eigenvalue weighted by molar-refractivity contribution is 1.09. The lowest BCUT2D eigenvalue weighted by atomic mass is 10.1. The number of aromatic amines is 1. The molecule has 7 heteroatoms. The number of rotatable bonds is 2. The predicted molar refractivity (Wildman–Crippen MR) is 81.1 cm³/mol. The third-order valence-electron chi connectivity index (χ3n) is 3.26. The van der Waals surface area contributed by atoms with Crippen LogP contribution < -0.4 is 11.1 Å². The molecule has 0 aliphatic carbocycles. The molecule has 3 heterocycles. The molecule has 4 aromatic rings. The van der Waals surface area contributed by atoms with E-state index in [9.17, 15) is 0 Å². The summed E-state index contributed by atoms with van der Waals surface area (Å²) in [5, 5.41) is 13.0. The van der Waals surface area contributed by atoms with E-state index in [1.165, 1.54) is 0 Å². The second-order valence-electron chi connectivity index (χ2n) is 4.59. The second-order valence-corrected chi connectivity index (χ2v) is 4.59. The molecule has 0 bridgehead atoms. The van der Waals surface area contributed by atoms with Gasteiger partial charge in [0.2, 0.25) is 5.95 Å². The topological polar surface area (TPSA) is 105 Å². The number of hydrogen-bond acceptors (Lipinski definition) is 6. The Morgan fingerprint density at radius 1 is 1.05 bits per heavy atom. The fourth-order valence-corrected chi connectivity index (χ4v) is 2.31. The Hall–Kier alpha value is -3.22. The summed E-state index contributed by atoms with van der Waals surface area (Å²) in [6.45, 7) is 0. The van der Waals surface area contributed by atoms with Gasteiger partial charge in [-0.2, -0.15) is 15.1 Å². The van der Waals surface area contributed by atoms with E-state index in [0.717, 1.165) is 21.8 Å². The molecule has 0 saturated carbocycles. The van der Waals surface area contributed by atoms with E-state index in [2.05, 4.69) is 30.5 Å². The van der Waals surface area contributed by atoms with Gasteiger partial charge in [0.25, 0.3) is 0 Å². The Labute approximate surface area is 119 Å². The van der Waals surface area contributed by atoms with Crippen molar-refractivity contribution in [3.05, 3.63) is 42.9 Å². The van der Waals surface area contributed by atoms with Gasteiger partial charge in [-0.3, -0.25) is 10.1 Å². The van der Waals surface area contributed by atoms with Crippen molar-refractivity contribution >= 4 is 39.3 Å². The van der Waals surface area contributed by atoms with Crippen LogP contribution in [0.2, 0.25) is 0 Å². The van der Waals surface area contributed by atoms with E-state index in [0.29, 0.717) is 11.5 Å². The fourth-order valence-electron chi connectivity index (χ4n) is 2.31. The minimum Gasteiger partial charge on any atom is -0.368 e. The summed E-state index contributed by atoms with van der Waals surface area (Å²) in [6, 6.07) is 7.90. The molecule has 0 radical (unpaired) electrons. The summed E-state index contributed by atoms with van der Waals surface area (Å²) in [6.07, 6.45) is 5.25. The van der Waals surface area contributed by atoms with Crippen LogP contribution in [0.25, 0.3) is 21.8 Å². The Bertz CT molecular complexity index is 939. The average Bonchev–Trinajstić information content (AvgIpc) is 2.96. The molecular formula is C14H11N7. The van der Waals surface area contributed by atoms with E-state index in [1.807, 2.05) is 30.5 Å². The zero-order valence-corrected chi connectivity index (χ0v) is 10.9. The highest BCUT2D eigenvalue weighted by atomic mass is 15.2. The third-order valence-corrected chi connectivity index (χ3v) is 3.26. The summed E-state index contributed by atoms with van der Waals surface area (Å²) in [7, 11) is 0. The van der Waals surface area contributed by atoms with Gasteiger partial charge in [-0.1, -0.05) is 12.1 Å². The lowest BCUT2D eigenvalue weighted by Gasteiger charge is -2.09. The molecule has 0 aliphatic rings. The first-order valence-corrected chi connectivity index (χ1v) is 6.37. The van der Waals surface area contributed by atoms with Gasteiger partial charge in [0.1, 0.15) is 5.82 Å². The summed E-state index contributed by atoms with van der Waals surface area (Å²) in [4.78, 5) is 12.5. The Morgan fingerprint density at radius 3 is 2.95 bits per heavy atom. The van der Waals surface area contributed by atoms with Crippen molar-refractivity contribution in [2.24, 2.45) is 0 Å². The van der Waals surface area contributed by atoms with Gasteiger partial charge in [0.05, 0.1) is 11.6 Å². The molecule has 0 spiro atoms. The van der Waals surface area contributed by atoms with Gasteiger partial charge in [0.15, 0.2) is 5.65 Å². The van der Waals surface area contributed by atoms with Crippen LogP contribution in [0.1, 0.15) is 0 Å². The van der Waals surface area contributed by atoms with Gasteiger partial charge in [0, 0.05) is 28.9 Å². The first kappa shape index (κ1) is 11.6. The smallest absolute Gasteiger partial charge is 0.224 e. The Morgan fingerprint density at radius 2 is 2.00 bits per heavy atom. The highest BCUT2D eigenvalue weighted by Crippen LogP contribution is 2.28. The highest BCUT2D eigenvalue weighted by molar-refractivity contribution is 5.97. The summed E-state index contributed by atoms with van der Waals surface area (Å²) < 4.78 is 0. The van der Waals surface area contributed by atoms with Crippen molar-refractivity contribution in [3.8, 4) is 0 Å². The number of fused-ring (bicyclic) bond motifs is 2. The van der Waals surface area contributed by atoms with Gasteiger partial charge < -0.3 is 11.1 Å². The minimum atomic E-state index is 0.191. The predicted octanol–water partition coefficient (Wildman–Crippen LogP) is 2.23. The van der Waals surface area contributed by atoms with Crippen LogP contribution in [0.5, 0.6) is 0 Å². The molecule has 0 atom stereocenters. The normalized spacial score (nSPS) is 11.0. The van der Waals surface area contributed by atoms with Gasteiger partial charge in [-0.05, 0) is 12.1 Å². The Kier molecular flexibility index (Phi) is 2.43. The van der Waals surface area contributed by atoms with Crippen molar-refractivity contribution in [2.45, 2.75) is 0 Å². The molecule has 1 aromatic carbocycles. The molecule has 21 heavy (non-hydrogen) atoms. The first-order chi connectivity index (χ1) is 10.3. The molecular weight excluding hydrogens is 266 g/mol. The Balaban J connectivity index is 1.89. The maximum absolute atomic E-state index is 5.73. The zero-order chi connectivity index (χ0) is 14.2. The van der Waals surface area contributed by atoms with Crippen LogP contribution in [0, 0.1) is 0 Å². The maximum atomic E-state index is 5.73. The third kappa shape index (κ3) is 1.91. The number of anilines is 3. The number of aromatic nitrogens is 5. The van der Waals surface area contributed by atoms with Crippen molar-refractivity contribution in [2.75, 3.05) is 11.1 Å². The SMILES string of the molecule is Nc1nc(Nc2cccc3cnccc23)c2cn[nH]c2n1. The lowest BCUT2D eigenvalue weighted by Crippen LogP contribution is -2.01. The standard InChI is InChI=1S/C14H11N7/c15-14-19-12(10-7-17-21-13(10)20-14)18-11-3-1-2-8-6-16-5-4-9(8)11/h1-7H,(H4,15,17,18,19,20,21). The van der Waals surface area contributed by atoms with E-state index in [1.54, 1.807) is 12.4 Å². The summed E-state index contributed by atoms with van der Waals surface area (Å²) in [5.41, 5.74) is 7.26. The van der Waals surface area contributed by atoms with Crippen LogP contribution >= 0.6 is 0 Å². The van der Waals surface area contributed by atoms with E-state index >= 15 is 0 Å². The molecule has 0 aliphatic heterocycles. The average molecular weight is 277 g/mol. The number of nitrogens with two attached hydrogens (primary N) is 1. The van der Waals surface area contributed by atoms with Crippen molar-refractivity contribution < 1.29 is 0 Å². The molecule has 0 amide bonds. The number of nitrogens with one attached hydrogen (secondary N) is 2. The van der Waals surface area contributed by atoms with Gasteiger partial charge in [-0.25, -0.2) is 0 Å². The monoisotopic (exact) mass is 277 g/mol. The summed E-state index contributed by atoms with van der Waals surface area (Å²) >= 11 is 0. The van der Waals surface area contributed by atoms with Crippen molar-refractivity contribution in [1.82, 2.24) is 25.1 Å². The van der Waals surface area contributed by atoms with E-state index in [-0.39, 0.29) is 5.95 Å². The molecule has 4 rings (SSSR count). The number of benzene rings is 1. The molecule has 4 N–H and O–H groups in total. The molecule has 0 unspecified atom stereocenters. The first-order valence-electron chi connectivity index (χ1n) is 6.37. The van der Waals surface area contributed by atoms with Gasteiger partial charge >= 0.3 is 0 Å². The van der Waals surface area contributed by atoms with Crippen LogP contribution in [-0.4, -0.2) is 25.1 Å². The van der Waals surface area contributed by atoms with Crippen LogP contribution in [0.3, 0.4) is 0 Å². The van der Waals surface area contributed by atoms with E-state index in [4.69, 9.17) is 5.73 Å². The second kappa shape index (κ2) is 4.41. The van der Waals surface area contributed by atoms with Crippen molar-refractivity contribution in [1.29, 1.82) is 0 Å². The highest BCUT2D eigenvalue weighted by Gasteiger charge is 2.09. The number of hydrogen-bond donors (Lipinski definition) is 3. The minimum absolute atomic E-state index is 0.191. The van der Waals surface area contributed by atoms with Crippen LogP contribution in [-0.2, 0) is 0 Å². The quantitative estimate of drug-likeness (QED) is 0.519. The molecule has 7 nitrogen and oxygen atoms in total. The van der Waals surface area contributed by atoms with Crippen LogP contribution in [0.15, 0.2) is 42.9 Å². The number of nitrogen functional groups attached to an aromatic ring is 1. The summed E-state index contributed by atoms with van der Waals surface area (Å²) in [5.74, 6) is 0.812. The molecule has 0 fully saturated rings. The molecule has 3 aromatic heterocycles. The molecule has 0 saturated heterocycles. The fraction of sp³-hybridized carbons (Fsp3) is 0. The van der Waals surface area contributed by atoms with Gasteiger partial charge in [-0.15, -0.1) is 0 Å². The van der Waals surface area contributed by atoms with Crippen LogP contribution in [0.4, 0.5) is 17.5 Å². The number of pyridine rings is 1. The number of H-pyrrole nitrogens is 1. The largest absolute Gasteiger partial charge is 0.368 e. The molecule has 102 valence electrons. The zero-order valence-electron chi connectivity index (χ0n) is 10.9. The van der Waals surface area contributed by atoms with Crippen molar-refractivity contribution in [3.63, 3.8) is 0 Å².